The molecule has 0 aromatic heterocycles. The van der Waals surface area contributed by atoms with Crippen LogP contribution in [0.25, 0.3) is 0 Å². The third-order valence-corrected chi connectivity index (χ3v) is 4.69. The molecular weight excluding hydrogens is 340 g/mol. The number of nitrogens with zero attached hydrogens (tertiary/aromatic N) is 2. The van der Waals surface area contributed by atoms with Crippen LogP contribution in [0.3, 0.4) is 0 Å². The second-order valence-corrected chi connectivity index (χ2v) is 6.87. The maximum atomic E-state index is 5.49. The van der Waals surface area contributed by atoms with Crippen molar-refractivity contribution in [1.82, 2.24) is 10.6 Å². The van der Waals surface area contributed by atoms with E-state index in [1.807, 2.05) is 0 Å². The number of ether oxygens (including phenoxy) is 2. The lowest BCUT2D eigenvalue weighted by Gasteiger charge is -2.22. The Morgan fingerprint density at radius 2 is 2.04 bits per heavy atom. The van der Waals surface area contributed by atoms with E-state index in [0.717, 1.165) is 25.5 Å². The molecule has 1 aromatic rings. The summed E-state index contributed by atoms with van der Waals surface area (Å²) >= 11 is 0. The highest BCUT2D eigenvalue weighted by atomic mass is 16.5. The molecule has 2 N–H and O–H groups in total. The molecule has 0 bridgehead atoms. The molecule has 0 radical (unpaired) electrons. The summed E-state index contributed by atoms with van der Waals surface area (Å²) in [5.41, 5.74) is 2.61. The maximum absolute atomic E-state index is 5.49. The quantitative estimate of drug-likeness (QED) is 0.353. The monoisotopic (exact) mass is 376 g/mol. The molecule has 1 aromatic carbocycles. The number of aliphatic imine (C=N–C) groups is 1. The molecule has 27 heavy (non-hydrogen) atoms. The van der Waals surface area contributed by atoms with Gasteiger partial charge in [0.2, 0.25) is 0 Å². The normalized spacial score (nSPS) is 15.8. The summed E-state index contributed by atoms with van der Waals surface area (Å²) in [6.07, 6.45) is 3.49. The van der Waals surface area contributed by atoms with Gasteiger partial charge in [-0.25, -0.2) is 0 Å². The zero-order chi connectivity index (χ0) is 19.3. The molecule has 2 rings (SSSR count). The molecule has 6 heteroatoms. The Hall–Kier alpha value is -1.79. The van der Waals surface area contributed by atoms with Crippen molar-refractivity contribution in [2.75, 3.05) is 58.0 Å². The average molecular weight is 377 g/mol. The molecule has 0 amide bonds. The van der Waals surface area contributed by atoms with Gasteiger partial charge in [-0.1, -0.05) is 12.1 Å². The molecule has 1 unspecified atom stereocenters. The van der Waals surface area contributed by atoms with Gasteiger partial charge in [0.25, 0.3) is 0 Å². The van der Waals surface area contributed by atoms with E-state index >= 15 is 0 Å². The standard InChI is InChI=1S/C21H36N4O2/c1-4-22-21(23-11-8-14-27-16-15-26-3)24-18(2)19-9-7-10-20(17-19)25-12-5-6-13-25/h7,9-10,17-18H,4-6,8,11-16H2,1-3H3,(H2,22,23,24). The number of rotatable bonds is 11. The van der Waals surface area contributed by atoms with Crippen LogP contribution in [0.2, 0.25) is 0 Å². The zero-order valence-corrected chi connectivity index (χ0v) is 17.2. The molecule has 1 fully saturated rings. The fourth-order valence-electron chi connectivity index (χ4n) is 3.18. The van der Waals surface area contributed by atoms with Gasteiger partial charge in [0.1, 0.15) is 0 Å². The van der Waals surface area contributed by atoms with E-state index in [1.54, 1.807) is 7.11 Å². The van der Waals surface area contributed by atoms with E-state index in [9.17, 15) is 0 Å². The number of guanidine groups is 1. The van der Waals surface area contributed by atoms with E-state index in [2.05, 4.69) is 58.6 Å². The van der Waals surface area contributed by atoms with Crippen molar-refractivity contribution in [3.05, 3.63) is 29.8 Å². The lowest BCUT2D eigenvalue weighted by Crippen LogP contribution is -2.38. The van der Waals surface area contributed by atoms with Gasteiger partial charge < -0.3 is 25.0 Å². The summed E-state index contributed by atoms with van der Waals surface area (Å²) in [5, 5.41) is 6.85. The Morgan fingerprint density at radius 1 is 1.22 bits per heavy atom. The summed E-state index contributed by atoms with van der Waals surface area (Å²) in [5.74, 6) is 0.855. The molecular formula is C21H36N4O2. The zero-order valence-electron chi connectivity index (χ0n) is 17.2. The van der Waals surface area contributed by atoms with Crippen LogP contribution in [0.4, 0.5) is 5.69 Å². The Kier molecular flexibility index (Phi) is 10.0. The van der Waals surface area contributed by atoms with Crippen LogP contribution in [0.1, 0.15) is 44.7 Å². The van der Waals surface area contributed by atoms with Gasteiger partial charge in [-0.05, 0) is 50.8 Å². The van der Waals surface area contributed by atoms with E-state index < -0.39 is 0 Å². The molecule has 0 aliphatic carbocycles. The Bertz CT molecular complexity index is 559. The predicted octanol–water partition coefficient (Wildman–Crippen LogP) is 2.96. The van der Waals surface area contributed by atoms with Gasteiger partial charge >= 0.3 is 0 Å². The highest BCUT2D eigenvalue weighted by molar-refractivity contribution is 5.80. The van der Waals surface area contributed by atoms with Crippen LogP contribution in [0.15, 0.2) is 29.3 Å². The number of hydrogen-bond acceptors (Lipinski definition) is 4. The first-order valence-corrected chi connectivity index (χ1v) is 10.2. The summed E-state index contributed by atoms with van der Waals surface area (Å²) in [7, 11) is 1.68. The van der Waals surface area contributed by atoms with E-state index in [1.165, 1.54) is 37.2 Å². The van der Waals surface area contributed by atoms with Crippen LogP contribution in [0.5, 0.6) is 0 Å². The minimum absolute atomic E-state index is 0.198. The van der Waals surface area contributed by atoms with Crippen molar-refractivity contribution in [3.8, 4) is 0 Å². The summed E-state index contributed by atoms with van der Waals surface area (Å²) in [6.45, 7) is 10.2. The number of nitrogens with one attached hydrogen (secondary N) is 2. The highest BCUT2D eigenvalue weighted by Crippen LogP contribution is 2.23. The molecule has 1 aliphatic heterocycles. The average Bonchev–Trinajstić information content (AvgIpc) is 3.22. The fourth-order valence-corrected chi connectivity index (χ4v) is 3.18. The van der Waals surface area contributed by atoms with Crippen LogP contribution >= 0.6 is 0 Å². The van der Waals surface area contributed by atoms with Gasteiger partial charge in [0.05, 0.1) is 19.3 Å². The van der Waals surface area contributed by atoms with E-state index in [4.69, 9.17) is 9.47 Å². The summed E-state index contributed by atoms with van der Waals surface area (Å²) < 4.78 is 10.5. The van der Waals surface area contributed by atoms with Crippen molar-refractivity contribution >= 4 is 11.6 Å². The third-order valence-electron chi connectivity index (χ3n) is 4.69. The molecule has 0 spiro atoms. The van der Waals surface area contributed by atoms with Crippen LogP contribution in [-0.2, 0) is 9.47 Å². The van der Waals surface area contributed by atoms with Crippen LogP contribution < -0.4 is 15.5 Å². The number of benzene rings is 1. The van der Waals surface area contributed by atoms with Gasteiger partial charge in [-0.3, -0.25) is 4.99 Å². The highest BCUT2D eigenvalue weighted by Gasteiger charge is 2.14. The molecule has 0 saturated carbocycles. The Labute approximate surface area is 164 Å². The minimum atomic E-state index is 0.198. The molecule has 1 saturated heterocycles. The van der Waals surface area contributed by atoms with Gasteiger partial charge in [-0.2, -0.15) is 0 Å². The maximum Gasteiger partial charge on any atom is 0.191 e. The smallest absolute Gasteiger partial charge is 0.191 e. The Balaban J connectivity index is 1.85. The topological polar surface area (TPSA) is 58.1 Å². The second-order valence-electron chi connectivity index (χ2n) is 6.87. The first-order valence-electron chi connectivity index (χ1n) is 10.2. The van der Waals surface area contributed by atoms with Crippen LogP contribution in [-0.4, -0.2) is 59.1 Å². The second kappa shape index (κ2) is 12.6. The first-order chi connectivity index (χ1) is 13.2. The third kappa shape index (κ3) is 7.77. The predicted molar refractivity (Wildman–Crippen MR) is 113 cm³/mol. The molecule has 152 valence electrons. The van der Waals surface area contributed by atoms with Crippen LogP contribution in [0, 0.1) is 0 Å². The largest absolute Gasteiger partial charge is 0.382 e. The fraction of sp³-hybridized carbons (Fsp3) is 0.667. The lowest BCUT2D eigenvalue weighted by molar-refractivity contribution is 0.0702. The van der Waals surface area contributed by atoms with Gasteiger partial charge in [-0.15, -0.1) is 0 Å². The lowest BCUT2D eigenvalue weighted by atomic mass is 10.1. The SMILES string of the molecule is CCNC(=NCCCOCCOC)NC(C)c1cccc(N2CCCC2)c1. The van der Waals surface area contributed by atoms with Gasteiger partial charge in [0, 0.05) is 45.6 Å². The molecule has 6 nitrogen and oxygen atoms in total. The van der Waals surface area contributed by atoms with Crippen molar-refractivity contribution in [3.63, 3.8) is 0 Å². The van der Waals surface area contributed by atoms with E-state index in [-0.39, 0.29) is 6.04 Å². The Morgan fingerprint density at radius 3 is 2.78 bits per heavy atom. The summed E-state index contributed by atoms with van der Waals surface area (Å²) in [6, 6.07) is 9.05. The van der Waals surface area contributed by atoms with Crippen molar-refractivity contribution in [2.45, 2.75) is 39.2 Å². The van der Waals surface area contributed by atoms with Gasteiger partial charge in [0.15, 0.2) is 5.96 Å². The van der Waals surface area contributed by atoms with Crippen molar-refractivity contribution < 1.29 is 9.47 Å². The molecule has 1 atom stereocenters. The number of anilines is 1. The minimum Gasteiger partial charge on any atom is -0.382 e. The molecule has 1 aliphatic rings. The number of hydrogen-bond donors (Lipinski definition) is 2. The number of methoxy groups -OCH3 is 1. The van der Waals surface area contributed by atoms with E-state index in [0.29, 0.717) is 19.8 Å². The van der Waals surface area contributed by atoms with Crippen molar-refractivity contribution in [1.29, 1.82) is 0 Å². The first kappa shape index (κ1) is 21.5. The molecule has 1 heterocycles. The van der Waals surface area contributed by atoms with Crippen molar-refractivity contribution in [2.24, 2.45) is 4.99 Å². The summed E-state index contributed by atoms with van der Waals surface area (Å²) in [4.78, 5) is 7.14.